The van der Waals surface area contributed by atoms with E-state index in [0.717, 1.165) is 45.2 Å². The molecule has 0 spiro atoms. The maximum absolute atomic E-state index is 12.1. The summed E-state index contributed by atoms with van der Waals surface area (Å²) in [7, 11) is 0. The Hall–Kier alpha value is -2.67. The Bertz CT molecular complexity index is 1330. The Labute approximate surface area is 296 Å². The van der Waals surface area contributed by atoms with Gasteiger partial charge in [0.15, 0.2) is 6.61 Å². The summed E-state index contributed by atoms with van der Waals surface area (Å²) in [6.07, 6.45) is 6.64. The fraction of sp³-hybridized carbons (Fsp3) is 0.419. The van der Waals surface area contributed by atoms with Crippen molar-refractivity contribution >= 4 is 84.3 Å². The molecule has 6 rings (SSSR count). The van der Waals surface area contributed by atoms with Gasteiger partial charge in [0.1, 0.15) is 5.88 Å². The number of hydrogen-bond donors (Lipinski definition) is 1. The summed E-state index contributed by atoms with van der Waals surface area (Å²) in [6, 6.07) is 12.8. The van der Waals surface area contributed by atoms with Crippen LogP contribution in [0, 0.1) is 0 Å². The van der Waals surface area contributed by atoms with Gasteiger partial charge in [-0.25, -0.2) is 0 Å². The van der Waals surface area contributed by atoms with E-state index in [9.17, 15) is 28.8 Å². The third kappa shape index (κ3) is 9.92. The van der Waals surface area contributed by atoms with Crippen LogP contribution in [0.15, 0.2) is 48.5 Å². The number of hydroxylamine groups is 4. The first-order valence-electron chi connectivity index (χ1n) is 14.3. The molecule has 2 fully saturated rings. The largest absolute Gasteiger partial charge is 0.342 e. The van der Waals surface area contributed by atoms with E-state index >= 15 is 0 Å². The van der Waals surface area contributed by atoms with E-state index in [2.05, 4.69) is 37.2 Å². The third-order valence-electron chi connectivity index (χ3n) is 7.38. The number of alkyl halides is 1. The second-order valence-electron chi connectivity index (χ2n) is 10.2. The highest BCUT2D eigenvalue weighted by atomic mass is 128. The summed E-state index contributed by atoms with van der Waals surface area (Å²) in [4.78, 5) is 77.9. The molecule has 2 aromatic rings. The van der Waals surface area contributed by atoms with Crippen LogP contribution in [-0.2, 0) is 14.4 Å². The van der Waals surface area contributed by atoms with Gasteiger partial charge in [-0.1, -0.05) is 31.7 Å². The molecule has 2 aromatic carbocycles. The quantitative estimate of drug-likeness (QED) is 0.183. The second-order valence-corrected chi connectivity index (χ2v) is 10.5. The van der Waals surface area contributed by atoms with E-state index < -0.39 is 23.6 Å². The molecule has 0 aliphatic carbocycles. The second kappa shape index (κ2) is 19.9. The van der Waals surface area contributed by atoms with Gasteiger partial charge in [-0.2, -0.15) is 0 Å². The monoisotopic (exact) mass is 882 g/mol. The fourth-order valence-corrected chi connectivity index (χ4v) is 5.21. The average Bonchev–Trinajstić information content (AvgIpc) is 3.48. The highest BCUT2D eigenvalue weighted by molar-refractivity contribution is 15.0. The van der Waals surface area contributed by atoms with Gasteiger partial charge in [-0.3, -0.25) is 38.8 Å². The first kappa shape index (κ1) is 39.5. The van der Waals surface area contributed by atoms with Crippen LogP contribution >= 0.6 is 48.8 Å². The normalized spacial score (nSPS) is 16.5. The van der Waals surface area contributed by atoms with Crippen molar-refractivity contribution in [3.05, 3.63) is 70.8 Å². The summed E-state index contributed by atoms with van der Waals surface area (Å²) in [5.41, 5.74) is 1.14. The predicted molar refractivity (Wildman–Crippen MR) is 188 cm³/mol. The van der Waals surface area contributed by atoms with Crippen molar-refractivity contribution < 1.29 is 38.8 Å². The molecule has 2 saturated heterocycles. The molecular weight excluding hydrogens is 846 g/mol. The Morgan fingerprint density at radius 3 is 1.37 bits per heavy atom. The van der Waals surface area contributed by atoms with Gasteiger partial charge in [0.25, 0.3) is 29.5 Å². The molecule has 15 heteroatoms. The standard InChI is InChI=1S/C15H16N2O4.C8H5NO3.C7H12ClNO.CH4.I2/c18-13(16-8-4-1-5-9-16)10-21-17-14(19)11-6-2-3-7-12(11)15(17)20;10-7-5-3-1-2-4-6(5)8(11)9(7)12;8-6-7(10)9-4-2-1-3-5-9;;1-2/h2-3,6-7H,1,4-5,8-10H2;1-4,12H;1-6H2;1H4;. The fourth-order valence-electron chi connectivity index (χ4n) is 5.04. The summed E-state index contributed by atoms with van der Waals surface area (Å²) in [6.45, 7) is 2.96. The van der Waals surface area contributed by atoms with Crippen LogP contribution in [0.25, 0.3) is 0 Å². The van der Waals surface area contributed by atoms with Gasteiger partial charge in [-0.15, -0.1) is 21.7 Å². The molecule has 4 aliphatic heterocycles. The molecule has 0 bridgehead atoms. The lowest BCUT2D eigenvalue weighted by Gasteiger charge is -2.27. The molecule has 1 N–H and O–H groups in total. The van der Waals surface area contributed by atoms with E-state index in [1.54, 1.807) is 41.3 Å². The van der Waals surface area contributed by atoms with E-state index in [1.165, 1.54) is 18.6 Å². The Morgan fingerprint density at radius 2 is 1.00 bits per heavy atom. The maximum Gasteiger partial charge on any atom is 0.285 e. The number of carbonyl (C=O) groups excluding carboxylic acids is 6. The number of rotatable bonds is 4. The Kier molecular flexibility index (Phi) is 17.1. The molecule has 0 saturated carbocycles. The van der Waals surface area contributed by atoms with Crippen molar-refractivity contribution in [3.8, 4) is 0 Å². The molecule has 6 amide bonds. The van der Waals surface area contributed by atoms with E-state index in [-0.39, 0.29) is 47.9 Å². The summed E-state index contributed by atoms with van der Waals surface area (Å²) in [5, 5.41) is 9.74. The molecule has 0 atom stereocenters. The minimum absolute atomic E-state index is 0. The predicted octanol–water partition coefficient (Wildman–Crippen LogP) is 5.54. The van der Waals surface area contributed by atoms with E-state index in [4.69, 9.17) is 21.6 Å². The summed E-state index contributed by atoms with van der Waals surface area (Å²) >= 11 is 9.63. The lowest BCUT2D eigenvalue weighted by Crippen LogP contribution is -2.41. The van der Waals surface area contributed by atoms with Crippen LogP contribution < -0.4 is 0 Å². The molecular formula is C31H37ClI2N4O8. The first-order chi connectivity index (χ1) is 21.7. The van der Waals surface area contributed by atoms with Crippen LogP contribution in [0.1, 0.15) is 87.4 Å². The molecule has 4 heterocycles. The van der Waals surface area contributed by atoms with Crippen molar-refractivity contribution in [2.24, 2.45) is 0 Å². The number of amides is 6. The number of piperidine rings is 2. The highest BCUT2D eigenvalue weighted by Gasteiger charge is 2.37. The topological polar surface area (TPSA) is 145 Å². The number of hydrogen-bond acceptors (Lipinski definition) is 8. The minimum atomic E-state index is -0.657. The van der Waals surface area contributed by atoms with Crippen LogP contribution in [-0.4, -0.2) is 99.2 Å². The average molecular weight is 883 g/mol. The lowest BCUT2D eigenvalue weighted by molar-refractivity contribution is -0.150. The lowest BCUT2D eigenvalue weighted by atomic mass is 10.1. The number of imide groups is 2. The van der Waals surface area contributed by atoms with Crippen LogP contribution in [0.5, 0.6) is 0 Å². The molecule has 0 aromatic heterocycles. The number of likely N-dealkylation sites (tertiary alicyclic amines) is 2. The number of carbonyl (C=O) groups is 6. The molecule has 4 aliphatic rings. The first-order valence-corrected chi connectivity index (χ1v) is 21.1. The zero-order valence-corrected chi connectivity index (χ0v) is 29.4. The van der Waals surface area contributed by atoms with Gasteiger partial charge in [0.05, 0.1) is 22.3 Å². The molecule has 0 radical (unpaired) electrons. The molecule has 12 nitrogen and oxygen atoms in total. The maximum atomic E-state index is 12.1. The molecule has 46 heavy (non-hydrogen) atoms. The Morgan fingerprint density at radius 1 is 0.652 bits per heavy atom. The smallest absolute Gasteiger partial charge is 0.285 e. The Balaban J connectivity index is 0.000000251. The van der Waals surface area contributed by atoms with Crippen molar-refractivity contribution in [3.63, 3.8) is 0 Å². The zero-order chi connectivity index (χ0) is 32.9. The van der Waals surface area contributed by atoms with Gasteiger partial charge >= 0.3 is 0 Å². The number of halogens is 3. The number of benzene rings is 2. The number of fused-ring (bicyclic) bond motifs is 2. The van der Waals surface area contributed by atoms with Gasteiger partial charge < -0.3 is 9.80 Å². The summed E-state index contributed by atoms with van der Waals surface area (Å²) < 4.78 is 0. The van der Waals surface area contributed by atoms with Crippen LogP contribution in [0.3, 0.4) is 0 Å². The van der Waals surface area contributed by atoms with E-state index in [1.807, 2.05) is 4.90 Å². The van der Waals surface area contributed by atoms with Crippen molar-refractivity contribution in [1.82, 2.24) is 19.9 Å². The highest BCUT2D eigenvalue weighted by Crippen LogP contribution is 2.23. The van der Waals surface area contributed by atoms with Gasteiger partial charge in [-0.05, 0) is 62.8 Å². The zero-order valence-electron chi connectivity index (χ0n) is 24.3. The van der Waals surface area contributed by atoms with E-state index in [0.29, 0.717) is 29.3 Å². The SMILES string of the molecule is C.II.O=C(CCl)N1CCCCC1.O=C(CON1C(=O)c2ccccc2C1=O)N1CCCCC1.O=C1c2ccccc2C(=O)N1O. The van der Waals surface area contributed by atoms with Crippen molar-refractivity contribution in [1.29, 1.82) is 0 Å². The number of nitrogens with zero attached hydrogens (tertiary/aromatic N) is 4. The van der Waals surface area contributed by atoms with Crippen LogP contribution in [0.4, 0.5) is 0 Å². The third-order valence-corrected chi connectivity index (χ3v) is 7.61. The molecule has 0 unspecified atom stereocenters. The summed E-state index contributed by atoms with van der Waals surface area (Å²) in [5.74, 6) is -2.30. The molecule has 250 valence electrons. The van der Waals surface area contributed by atoms with Crippen LogP contribution in [0.2, 0.25) is 0 Å². The van der Waals surface area contributed by atoms with Crippen molar-refractivity contribution in [2.45, 2.75) is 46.0 Å². The van der Waals surface area contributed by atoms with Crippen molar-refractivity contribution in [2.75, 3.05) is 38.7 Å². The van der Waals surface area contributed by atoms with Gasteiger partial charge in [0.2, 0.25) is 5.91 Å². The van der Waals surface area contributed by atoms with Gasteiger partial charge in [0, 0.05) is 63.4 Å². The minimum Gasteiger partial charge on any atom is -0.342 e.